The molecule has 0 saturated heterocycles. The Morgan fingerprint density at radius 1 is 0.739 bits per heavy atom. The standard InChI is InChI=1S/C20H18N2O/c1-15-6-5-7-16(14-15)20(23)22-19-12-10-18(11-13-19)21-17-8-3-2-4-9-17/h2-14,21H,1H3,(H,22,23). The number of nitrogens with one attached hydrogen (secondary N) is 2. The Bertz CT molecular complexity index is 795. The van der Waals surface area contributed by atoms with E-state index in [1.807, 2.05) is 85.8 Å². The Balaban J connectivity index is 1.67. The third kappa shape index (κ3) is 3.98. The smallest absolute Gasteiger partial charge is 0.255 e. The van der Waals surface area contributed by atoms with E-state index in [9.17, 15) is 4.79 Å². The van der Waals surface area contributed by atoms with Gasteiger partial charge < -0.3 is 10.6 Å². The lowest BCUT2D eigenvalue weighted by Crippen LogP contribution is -2.11. The number of benzene rings is 3. The van der Waals surface area contributed by atoms with E-state index in [-0.39, 0.29) is 5.91 Å². The van der Waals surface area contributed by atoms with Crippen LogP contribution in [0.4, 0.5) is 17.1 Å². The SMILES string of the molecule is Cc1cccc(C(=O)Nc2ccc(Nc3ccccc3)cc2)c1. The minimum Gasteiger partial charge on any atom is -0.356 e. The molecule has 0 aromatic heterocycles. The van der Waals surface area contributed by atoms with Crippen molar-refractivity contribution in [1.29, 1.82) is 0 Å². The van der Waals surface area contributed by atoms with Gasteiger partial charge in [0, 0.05) is 22.6 Å². The zero-order valence-electron chi connectivity index (χ0n) is 12.9. The number of hydrogen-bond donors (Lipinski definition) is 2. The fraction of sp³-hybridized carbons (Fsp3) is 0.0500. The first-order valence-electron chi connectivity index (χ1n) is 7.51. The maximum absolute atomic E-state index is 12.2. The van der Waals surface area contributed by atoms with Crippen molar-refractivity contribution in [3.05, 3.63) is 90.0 Å². The highest BCUT2D eigenvalue weighted by Crippen LogP contribution is 2.19. The van der Waals surface area contributed by atoms with Crippen molar-refractivity contribution < 1.29 is 4.79 Å². The van der Waals surface area contributed by atoms with Crippen LogP contribution in [-0.4, -0.2) is 5.91 Å². The summed E-state index contributed by atoms with van der Waals surface area (Å²) in [6, 6.07) is 25.2. The molecule has 1 amide bonds. The fourth-order valence-corrected chi connectivity index (χ4v) is 2.31. The Kier molecular flexibility index (Phi) is 4.39. The van der Waals surface area contributed by atoms with E-state index in [2.05, 4.69) is 10.6 Å². The van der Waals surface area contributed by atoms with Crippen LogP contribution in [0.25, 0.3) is 0 Å². The summed E-state index contributed by atoms with van der Waals surface area (Å²) in [4.78, 5) is 12.2. The summed E-state index contributed by atoms with van der Waals surface area (Å²) in [7, 11) is 0. The lowest BCUT2D eigenvalue weighted by molar-refractivity contribution is 0.102. The molecule has 0 fully saturated rings. The van der Waals surface area contributed by atoms with Crippen molar-refractivity contribution in [2.45, 2.75) is 6.92 Å². The highest BCUT2D eigenvalue weighted by molar-refractivity contribution is 6.04. The molecular formula is C20H18N2O. The van der Waals surface area contributed by atoms with Crippen LogP contribution in [0.1, 0.15) is 15.9 Å². The van der Waals surface area contributed by atoms with Gasteiger partial charge in [0.1, 0.15) is 0 Å². The maximum atomic E-state index is 12.2. The summed E-state index contributed by atoms with van der Waals surface area (Å²) < 4.78 is 0. The molecule has 0 aliphatic rings. The molecule has 0 unspecified atom stereocenters. The zero-order valence-corrected chi connectivity index (χ0v) is 12.9. The fourth-order valence-electron chi connectivity index (χ4n) is 2.31. The quantitative estimate of drug-likeness (QED) is 0.712. The predicted octanol–water partition coefficient (Wildman–Crippen LogP) is 4.99. The Labute approximate surface area is 136 Å². The van der Waals surface area contributed by atoms with Gasteiger partial charge in [-0.2, -0.15) is 0 Å². The molecule has 3 heteroatoms. The van der Waals surface area contributed by atoms with Gasteiger partial charge in [-0.3, -0.25) is 4.79 Å². The van der Waals surface area contributed by atoms with E-state index >= 15 is 0 Å². The van der Waals surface area contributed by atoms with Gasteiger partial charge in [0.25, 0.3) is 5.91 Å². The summed E-state index contributed by atoms with van der Waals surface area (Å²) in [6.45, 7) is 1.97. The molecule has 3 rings (SSSR count). The molecule has 0 saturated carbocycles. The monoisotopic (exact) mass is 302 g/mol. The molecule has 0 aliphatic carbocycles. The number of carbonyl (C=O) groups is 1. The van der Waals surface area contributed by atoms with Gasteiger partial charge in [-0.05, 0) is 55.5 Å². The molecule has 23 heavy (non-hydrogen) atoms. The van der Waals surface area contributed by atoms with Gasteiger partial charge >= 0.3 is 0 Å². The van der Waals surface area contributed by atoms with Crippen LogP contribution >= 0.6 is 0 Å². The highest BCUT2D eigenvalue weighted by Gasteiger charge is 2.06. The zero-order chi connectivity index (χ0) is 16.1. The van der Waals surface area contributed by atoms with Crippen molar-refractivity contribution in [3.63, 3.8) is 0 Å². The van der Waals surface area contributed by atoms with Gasteiger partial charge in [-0.25, -0.2) is 0 Å². The second-order valence-corrected chi connectivity index (χ2v) is 5.39. The van der Waals surface area contributed by atoms with E-state index in [1.165, 1.54) is 0 Å². The normalized spacial score (nSPS) is 10.1. The summed E-state index contributed by atoms with van der Waals surface area (Å²) in [5.41, 5.74) is 4.51. The maximum Gasteiger partial charge on any atom is 0.255 e. The second kappa shape index (κ2) is 6.79. The Morgan fingerprint density at radius 3 is 2.09 bits per heavy atom. The van der Waals surface area contributed by atoms with Crippen LogP contribution in [0.2, 0.25) is 0 Å². The number of anilines is 3. The molecular weight excluding hydrogens is 284 g/mol. The lowest BCUT2D eigenvalue weighted by atomic mass is 10.1. The van der Waals surface area contributed by atoms with Crippen LogP contribution in [0.5, 0.6) is 0 Å². The number of rotatable bonds is 4. The molecule has 114 valence electrons. The summed E-state index contributed by atoms with van der Waals surface area (Å²) in [6.07, 6.45) is 0. The summed E-state index contributed by atoms with van der Waals surface area (Å²) in [5, 5.41) is 6.22. The lowest BCUT2D eigenvalue weighted by Gasteiger charge is -2.09. The first kappa shape index (κ1) is 14.9. The average Bonchev–Trinajstić information content (AvgIpc) is 2.57. The van der Waals surface area contributed by atoms with Gasteiger partial charge in [0.15, 0.2) is 0 Å². The number of aryl methyl sites for hydroxylation is 1. The minimum absolute atomic E-state index is 0.0996. The van der Waals surface area contributed by atoms with Crippen LogP contribution in [0.3, 0.4) is 0 Å². The van der Waals surface area contributed by atoms with Crippen molar-refractivity contribution in [3.8, 4) is 0 Å². The van der Waals surface area contributed by atoms with E-state index < -0.39 is 0 Å². The van der Waals surface area contributed by atoms with Gasteiger partial charge in [-0.1, -0.05) is 35.9 Å². The summed E-state index contributed by atoms with van der Waals surface area (Å²) >= 11 is 0. The van der Waals surface area contributed by atoms with Crippen molar-refractivity contribution in [2.24, 2.45) is 0 Å². The molecule has 0 aliphatic heterocycles. The summed E-state index contributed by atoms with van der Waals surface area (Å²) in [5.74, 6) is -0.0996. The molecule has 3 aromatic rings. The second-order valence-electron chi connectivity index (χ2n) is 5.39. The molecule has 2 N–H and O–H groups in total. The molecule has 0 atom stereocenters. The largest absolute Gasteiger partial charge is 0.356 e. The van der Waals surface area contributed by atoms with Crippen molar-refractivity contribution >= 4 is 23.0 Å². The first-order valence-corrected chi connectivity index (χ1v) is 7.51. The van der Waals surface area contributed by atoms with E-state index in [0.717, 1.165) is 22.6 Å². The molecule has 0 radical (unpaired) electrons. The van der Waals surface area contributed by atoms with Crippen molar-refractivity contribution in [1.82, 2.24) is 0 Å². The van der Waals surface area contributed by atoms with Crippen LogP contribution in [0, 0.1) is 6.92 Å². The van der Waals surface area contributed by atoms with Crippen molar-refractivity contribution in [2.75, 3.05) is 10.6 Å². The molecule has 3 nitrogen and oxygen atoms in total. The molecule has 3 aromatic carbocycles. The highest BCUT2D eigenvalue weighted by atomic mass is 16.1. The Morgan fingerprint density at radius 2 is 1.39 bits per heavy atom. The van der Waals surface area contributed by atoms with E-state index in [4.69, 9.17) is 0 Å². The third-order valence-corrected chi connectivity index (χ3v) is 3.49. The van der Waals surface area contributed by atoms with Gasteiger partial charge in [0.05, 0.1) is 0 Å². The number of amides is 1. The first-order chi connectivity index (χ1) is 11.2. The van der Waals surface area contributed by atoms with E-state index in [0.29, 0.717) is 5.56 Å². The molecule has 0 bridgehead atoms. The van der Waals surface area contributed by atoms with Gasteiger partial charge in [0.2, 0.25) is 0 Å². The van der Waals surface area contributed by atoms with Crippen LogP contribution in [-0.2, 0) is 0 Å². The van der Waals surface area contributed by atoms with Crippen LogP contribution < -0.4 is 10.6 Å². The third-order valence-electron chi connectivity index (χ3n) is 3.49. The number of hydrogen-bond acceptors (Lipinski definition) is 2. The van der Waals surface area contributed by atoms with E-state index in [1.54, 1.807) is 0 Å². The average molecular weight is 302 g/mol. The number of para-hydroxylation sites is 1. The van der Waals surface area contributed by atoms with Crippen LogP contribution in [0.15, 0.2) is 78.9 Å². The molecule has 0 spiro atoms. The molecule has 0 heterocycles. The number of carbonyl (C=O) groups excluding carboxylic acids is 1. The minimum atomic E-state index is -0.0996. The van der Waals surface area contributed by atoms with Gasteiger partial charge in [-0.15, -0.1) is 0 Å². The Hall–Kier alpha value is -3.07. The predicted molar refractivity (Wildman–Crippen MR) is 95.3 cm³/mol. The topological polar surface area (TPSA) is 41.1 Å².